The highest BCUT2D eigenvalue weighted by Crippen LogP contribution is 2.51. The fourth-order valence-electron chi connectivity index (χ4n) is 3.43. The molecular weight excluding hydrogens is 210 g/mol. The van der Waals surface area contributed by atoms with E-state index in [0.717, 1.165) is 19.3 Å². The summed E-state index contributed by atoms with van der Waals surface area (Å²) in [4.78, 5) is 0. The fraction of sp³-hybridized carbons (Fsp3) is 1.00. The Kier molecular flexibility index (Phi) is 2.84. The Balaban J connectivity index is 2.20. The molecule has 4 heteroatoms. The first-order valence-corrected chi connectivity index (χ1v) is 7.50. The van der Waals surface area contributed by atoms with Crippen LogP contribution in [0.1, 0.15) is 33.1 Å². The van der Waals surface area contributed by atoms with E-state index >= 15 is 0 Å². The largest absolute Gasteiger partial charge is 0.330 e. The summed E-state index contributed by atoms with van der Waals surface area (Å²) in [6.45, 7) is 4.24. The van der Waals surface area contributed by atoms with Gasteiger partial charge in [-0.1, -0.05) is 0 Å². The van der Waals surface area contributed by atoms with Crippen molar-refractivity contribution in [1.82, 2.24) is 0 Å². The van der Waals surface area contributed by atoms with Crippen LogP contribution in [-0.2, 0) is 9.84 Å². The number of fused-ring (bicyclic) bond motifs is 2. The topological polar surface area (TPSA) is 60.2 Å². The van der Waals surface area contributed by atoms with E-state index in [0.29, 0.717) is 24.3 Å². The second-order valence-corrected chi connectivity index (χ2v) is 8.14. The van der Waals surface area contributed by atoms with Crippen LogP contribution >= 0.6 is 0 Å². The van der Waals surface area contributed by atoms with Crippen molar-refractivity contribution in [3.8, 4) is 0 Å². The molecule has 2 N–H and O–H groups in total. The third-order valence-electron chi connectivity index (χ3n) is 4.27. The van der Waals surface area contributed by atoms with Crippen LogP contribution in [0.4, 0.5) is 0 Å². The summed E-state index contributed by atoms with van der Waals surface area (Å²) in [5.41, 5.74) is 5.71. The number of nitrogens with two attached hydrogens (primary N) is 1. The van der Waals surface area contributed by atoms with Crippen molar-refractivity contribution in [1.29, 1.82) is 0 Å². The monoisotopic (exact) mass is 231 g/mol. The minimum Gasteiger partial charge on any atom is -0.330 e. The summed E-state index contributed by atoms with van der Waals surface area (Å²) >= 11 is 0. The van der Waals surface area contributed by atoms with Gasteiger partial charge in [-0.25, -0.2) is 8.42 Å². The number of hydrogen-bond donors (Lipinski definition) is 1. The zero-order valence-electron chi connectivity index (χ0n) is 9.52. The molecule has 0 radical (unpaired) electrons. The van der Waals surface area contributed by atoms with Crippen LogP contribution in [0.25, 0.3) is 0 Å². The third kappa shape index (κ3) is 1.72. The van der Waals surface area contributed by atoms with Gasteiger partial charge in [-0.2, -0.15) is 0 Å². The van der Waals surface area contributed by atoms with E-state index in [1.54, 1.807) is 13.8 Å². The number of hydrogen-bond acceptors (Lipinski definition) is 3. The SMILES string of the molecule is CC(C)S(=O)(=O)C1CC2CC(CN)C1C2. The van der Waals surface area contributed by atoms with Crippen LogP contribution < -0.4 is 5.73 Å². The van der Waals surface area contributed by atoms with Crippen LogP contribution in [0.2, 0.25) is 0 Å². The predicted molar refractivity (Wildman–Crippen MR) is 61.2 cm³/mol. The van der Waals surface area contributed by atoms with Crippen LogP contribution in [0.3, 0.4) is 0 Å². The maximum atomic E-state index is 12.1. The van der Waals surface area contributed by atoms with Crippen molar-refractivity contribution in [3.63, 3.8) is 0 Å². The van der Waals surface area contributed by atoms with Gasteiger partial charge in [0.15, 0.2) is 9.84 Å². The van der Waals surface area contributed by atoms with Crippen molar-refractivity contribution in [2.24, 2.45) is 23.5 Å². The second kappa shape index (κ2) is 3.74. The lowest BCUT2D eigenvalue weighted by Gasteiger charge is -2.29. The van der Waals surface area contributed by atoms with Gasteiger partial charge in [0.05, 0.1) is 10.5 Å². The standard InChI is InChI=1S/C11H21NO2S/c1-7(2)15(13,14)11-5-8-3-9(6-12)10(11)4-8/h7-11H,3-6,12H2,1-2H3. The van der Waals surface area contributed by atoms with Crippen molar-refractivity contribution < 1.29 is 8.42 Å². The number of rotatable bonds is 3. The van der Waals surface area contributed by atoms with E-state index < -0.39 is 9.84 Å². The lowest BCUT2D eigenvalue weighted by Crippen LogP contribution is -2.38. The normalized spacial score (nSPS) is 40.3. The molecule has 2 bridgehead atoms. The molecule has 0 aromatic carbocycles. The van der Waals surface area contributed by atoms with Crippen LogP contribution in [0.15, 0.2) is 0 Å². The molecule has 4 unspecified atom stereocenters. The van der Waals surface area contributed by atoms with Crippen LogP contribution in [0, 0.1) is 17.8 Å². The Morgan fingerprint density at radius 3 is 2.40 bits per heavy atom. The average Bonchev–Trinajstić information content (AvgIpc) is 2.75. The van der Waals surface area contributed by atoms with Gasteiger partial charge in [-0.15, -0.1) is 0 Å². The Morgan fingerprint density at radius 2 is 1.93 bits per heavy atom. The molecule has 0 aromatic rings. The number of sulfone groups is 1. The van der Waals surface area contributed by atoms with E-state index in [9.17, 15) is 8.42 Å². The molecule has 4 atom stereocenters. The van der Waals surface area contributed by atoms with Gasteiger partial charge in [0.1, 0.15) is 0 Å². The molecule has 0 heterocycles. The molecule has 0 spiro atoms. The maximum Gasteiger partial charge on any atom is 0.155 e. The van der Waals surface area contributed by atoms with Gasteiger partial charge in [-0.3, -0.25) is 0 Å². The van der Waals surface area contributed by atoms with Crippen LogP contribution in [-0.4, -0.2) is 25.5 Å². The Labute approximate surface area is 92.3 Å². The van der Waals surface area contributed by atoms with E-state index in [4.69, 9.17) is 5.73 Å². The lowest BCUT2D eigenvalue weighted by molar-refractivity contribution is 0.339. The lowest BCUT2D eigenvalue weighted by atomic mass is 9.88. The zero-order valence-corrected chi connectivity index (χ0v) is 10.3. The third-order valence-corrected chi connectivity index (χ3v) is 6.97. The average molecular weight is 231 g/mol. The molecule has 2 rings (SSSR count). The predicted octanol–water partition coefficient (Wildman–Crippen LogP) is 1.18. The molecule has 2 fully saturated rings. The van der Waals surface area contributed by atoms with Crippen molar-refractivity contribution in [3.05, 3.63) is 0 Å². The second-order valence-electron chi connectivity index (χ2n) is 5.41. The minimum atomic E-state index is -2.91. The van der Waals surface area contributed by atoms with Gasteiger partial charge in [0.2, 0.25) is 0 Å². The Hall–Kier alpha value is -0.0900. The highest BCUT2D eigenvalue weighted by Gasteiger charge is 2.51. The molecule has 3 nitrogen and oxygen atoms in total. The summed E-state index contributed by atoms with van der Waals surface area (Å²) in [6.07, 6.45) is 3.14. The van der Waals surface area contributed by atoms with E-state index in [1.165, 1.54) is 0 Å². The van der Waals surface area contributed by atoms with Gasteiger partial charge >= 0.3 is 0 Å². The van der Waals surface area contributed by atoms with Crippen molar-refractivity contribution in [2.45, 2.75) is 43.6 Å². The van der Waals surface area contributed by atoms with Crippen molar-refractivity contribution >= 4 is 9.84 Å². The molecule has 88 valence electrons. The van der Waals surface area contributed by atoms with Crippen molar-refractivity contribution in [2.75, 3.05) is 6.54 Å². The van der Waals surface area contributed by atoms with E-state index in [2.05, 4.69) is 0 Å². The maximum absolute atomic E-state index is 12.1. The zero-order chi connectivity index (χ0) is 11.2. The Morgan fingerprint density at radius 1 is 1.27 bits per heavy atom. The first-order chi connectivity index (χ1) is 6.96. The molecule has 2 saturated carbocycles. The van der Waals surface area contributed by atoms with Gasteiger partial charge in [0, 0.05) is 0 Å². The summed E-state index contributed by atoms with van der Waals surface area (Å²) in [6, 6.07) is 0. The molecule has 15 heavy (non-hydrogen) atoms. The molecule has 0 saturated heterocycles. The summed E-state index contributed by atoms with van der Waals surface area (Å²) in [5.74, 6) is 1.44. The fourth-order valence-corrected chi connectivity index (χ4v) is 5.49. The first-order valence-electron chi connectivity index (χ1n) is 5.89. The molecule has 2 aliphatic carbocycles. The smallest absolute Gasteiger partial charge is 0.155 e. The molecule has 0 aliphatic heterocycles. The summed E-state index contributed by atoms with van der Waals surface area (Å²) in [7, 11) is -2.91. The highest BCUT2D eigenvalue weighted by molar-refractivity contribution is 7.92. The quantitative estimate of drug-likeness (QED) is 0.793. The van der Waals surface area contributed by atoms with Crippen LogP contribution in [0.5, 0.6) is 0 Å². The molecule has 2 aliphatic rings. The Bertz CT molecular complexity index is 336. The molecule has 0 amide bonds. The van der Waals surface area contributed by atoms with Gasteiger partial charge < -0.3 is 5.73 Å². The first kappa shape index (κ1) is 11.4. The summed E-state index contributed by atoms with van der Waals surface area (Å²) < 4.78 is 24.3. The minimum absolute atomic E-state index is 0.0928. The highest BCUT2D eigenvalue weighted by atomic mass is 32.2. The van der Waals surface area contributed by atoms with E-state index in [-0.39, 0.29) is 10.5 Å². The van der Waals surface area contributed by atoms with Gasteiger partial charge in [-0.05, 0) is 57.4 Å². The molecular formula is C11H21NO2S. The molecule has 0 aromatic heterocycles. The van der Waals surface area contributed by atoms with E-state index in [1.807, 2.05) is 0 Å². The van der Waals surface area contributed by atoms with Gasteiger partial charge in [0.25, 0.3) is 0 Å². The summed E-state index contributed by atoms with van der Waals surface area (Å²) in [5, 5.41) is -0.329.